The zero-order valence-corrected chi connectivity index (χ0v) is 17.8. The van der Waals surface area contributed by atoms with E-state index >= 15 is 0 Å². The van der Waals surface area contributed by atoms with Gasteiger partial charge in [0.05, 0.1) is 6.54 Å². The van der Waals surface area contributed by atoms with Crippen molar-refractivity contribution in [2.75, 3.05) is 7.05 Å². The maximum Gasteiger partial charge on any atom is 0.191 e. The predicted octanol–water partition coefficient (Wildman–Crippen LogP) is 3.52. The predicted molar refractivity (Wildman–Crippen MR) is 114 cm³/mol. The zero-order valence-electron chi connectivity index (χ0n) is 14.6. The van der Waals surface area contributed by atoms with Crippen molar-refractivity contribution < 1.29 is 5.11 Å². The van der Waals surface area contributed by atoms with Crippen molar-refractivity contribution >= 4 is 41.3 Å². The van der Waals surface area contributed by atoms with Gasteiger partial charge in [-0.2, -0.15) is 0 Å². The molecule has 25 heavy (non-hydrogen) atoms. The fourth-order valence-electron chi connectivity index (χ4n) is 3.12. The molecule has 0 unspecified atom stereocenters. The minimum Gasteiger partial charge on any atom is -0.508 e. The topological polar surface area (TPSA) is 69.5 Å². The number of guanidine groups is 1. The lowest BCUT2D eigenvalue weighted by molar-refractivity contribution is 0.464. The number of thiazole rings is 1. The second-order valence-electron chi connectivity index (χ2n) is 6.05. The van der Waals surface area contributed by atoms with Gasteiger partial charge >= 0.3 is 0 Å². The molecule has 1 aliphatic carbocycles. The Hall–Kier alpha value is -1.35. The number of benzene rings is 1. The SMILES string of the molecule is CN=C(NCc1ncc(C)s1)NCc1c(O)ccc2c1CCCC2.I. The van der Waals surface area contributed by atoms with Crippen LogP contribution in [0.25, 0.3) is 0 Å². The average molecular weight is 472 g/mol. The summed E-state index contributed by atoms with van der Waals surface area (Å²) in [5, 5.41) is 17.9. The third-order valence-corrected chi connectivity index (χ3v) is 5.27. The van der Waals surface area contributed by atoms with E-state index in [0.717, 1.165) is 29.4 Å². The standard InChI is InChI=1S/C18H24N4OS.HI/c1-12-9-20-17(24-12)11-22-18(19-2)21-10-15-14-6-4-3-5-13(14)7-8-16(15)23;/h7-9,23H,3-6,10-11H2,1-2H3,(H2,19,21,22);1H. The van der Waals surface area contributed by atoms with Crippen LogP contribution < -0.4 is 10.6 Å². The molecule has 0 fully saturated rings. The molecule has 0 spiro atoms. The number of aryl methyl sites for hydroxylation is 2. The number of phenolic OH excluding ortho intramolecular Hbond substituents is 1. The number of aliphatic imine (C=N–C) groups is 1. The molecule has 1 aromatic heterocycles. The molecule has 136 valence electrons. The molecule has 0 bridgehead atoms. The lowest BCUT2D eigenvalue weighted by Crippen LogP contribution is -2.36. The van der Waals surface area contributed by atoms with Crippen LogP contribution in [0.3, 0.4) is 0 Å². The fraction of sp³-hybridized carbons (Fsp3) is 0.444. The summed E-state index contributed by atoms with van der Waals surface area (Å²) in [4.78, 5) is 9.81. The van der Waals surface area contributed by atoms with Gasteiger partial charge in [-0.25, -0.2) is 4.98 Å². The highest BCUT2D eigenvalue weighted by Crippen LogP contribution is 2.30. The monoisotopic (exact) mass is 472 g/mol. The molecule has 1 aromatic carbocycles. The molecular formula is C18H25IN4OS. The second kappa shape index (κ2) is 9.38. The average Bonchev–Trinajstić information content (AvgIpc) is 3.02. The van der Waals surface area contributed by atoms with Crippen molar-refractivity contribution in [2.45, 2.75) is 45.7 Å². The van der Waals surface area contributed by atoms with Gasteiger partial charge in [-0.15, -0.1) is 35.3 Å². The van der Waals surface area contributed by atoms with E-state index in [1.807, 2.05) is 12.3 Å². The number of hydrogen-bond donors (Lipinski definition) is 3. The van der Waals surface area contributed by atoms with E-state index in [2.05, 4.69) is 33.6 Å². The molecule has 7 heteroatoms. The molecule has 3 N–H and O–H groups in total. The van der Waals surface area contributed by atoms with Crippen LogP contribution in [-0.2, 0) is 25.9 Å². The summed E-state index contributed by atoms with van der Waals surface area (Å²) >= 11 is 1.68. The first kappa shape index (κ1) is 20.0. The molecule has 0 radical (unpaired) electrons. The van der Waals surface area contributed by atoms with Crippen LogP contribution in [0.5, 0.6) is 5.75 Å². The highest BCUT2D eigenvalue weighted by molar-refractivity contribution is 14.0. The maximum atomic E-state index is 10.3. The Kier molecular flexibility index (Phi) is 7.49. The summed E-state index contributed by atoms with van der Waals surface area (Å²) < 4.78 is 0. The number of aromatic hydroxyl groups is 1. The number of hydrogen-bond acceptors (Lipinski definition) is 4. The van der Waals surface area contributed by atoms with Crippen LogP contribution in [0.4, 0.5) is 0 Å². The molecule has 1 aliphatic rings. The van der Waals surface area contributed by atoms with Crippen LogP contribution in [0.15, 0.2) is 23.3 Å². The van der Waals surface area contributed by atoms with E-state index in [1.165, 1.54) is 28.8 Å². The van der Waals surface area contributed by atoms with Crippen LogP contribution in [0.2, 0.25) is 0 Å². The van der Waals surface area contributed by atoms with Gasteiger partial charge in [-0.1, -0.05) is 6.07 Å². The quantitative estimate of drug-likeness (QED) is 0.362. The molecule has 0 saturated heterocycles. The van der Waals surface area contributed by atoms with Crippen molar-refractivity contribution in [3.63, 3.8) is 0 Å². The second-order valence-corrected chi connectivity index (χ2v) is 7.37. The minimum atomic E-state index is 0. The first-order valence-electron chi connectivity index (χ1n) is 8.36. The van der Waals surface area contributed by atoms with Crippen molar-refractivity contribution in [3.8, 4) is 5.75 Å². The first-order valence-corrected chi connectivity index (χ1v) is 9.17. The Morgan fingerprint density at radius 2 is 2.00 bits per heavy atom. The van der Waals surface area contributed by atoms with E-state index in [9.17, 15) is 5.11 Å². The highest BCUT2D eigenvalue weighted by Gasteiger charge is 2.16. The molecule has 0 atom stereocenters. The Morgan fingerprint density at radius 3 is 2.72 bits per heavy atom. The van der Waals surface area contributed by atoms with Crippen molar-refractivity contribution in [1.82, 2.24) is 15.6 Å². The largest absolute Gasteiger partial charge is 0.508 e. The van der Waals surface area contributed by atoms with E-state index in [0.29, 0.717) is 18.8 Å². The van der Waals surface area contributed by atoms with Gasteiger partial charge in [-0.3, -0.25) is 4.99 Å². The summed E-state index contributed by atoms with van der Waals surface area (Å²) in [7, 11) is 1.75. The molecule has 0 saturated carbocycles. The number of nitrogens with one attached hydrogen (secondary N) is 2. The van der Waals surface area contributed by atoms with E-state index in [-0.39, 0.29) is 24.0 Å². The van der Waals surface area contributed by atoms with E-state index in [1.54, 1.807) is 18.4 Å². The number of fused-ring (bicyclic) bond motifs is 1. The van der Waals surface area contributed by atoms with Gasteiger partial charge in [0.25, 0.3) is 0 Å². The Morgan fingerprint density at radius 1 is 1.24 bits per heavy atom. The summed E-state index contributed by atoms with van der Waals surface area (Å²) in [6.07, 6.45) is 6.47. The Balaban J connectivity index is 0.00000225. The minimum absolute atomic E-state index is 0. The molecule has 5 nitrogen and oxygen atoms in total. The third-order valence-electron chi connectivity index (χ3n) is 4.36. The van der Waals surface area contributed by atoms with Crippen LogP contribution >= 0.6 is 35.3 Å². The lowest BCUT2D eigenvalue weighted by Gasteiger charge is -2.21. The van der Waals surface area contributed by atoms with E-state index < -0.39 is 0 Å². The number of aromatic nitrogens is 1. The van der Waals surface area contributed by atoms with Crippen LogP contribution in [0.1, 0.15) is 39.4 Å². The molecule has 0 aliphatic heterocycles. The third kappa shape index (κ3) is 5.07. The summed E-state index contributed by atoms with van der Waals surface area (Å²) in [6, 6.07) is 3.88. The van der Waals surface area contributed by atoms with E-state index in [4.69, 9.17) is 0 Å². The number of halogens is 1. The van der Waals surface area contributed by atoms with Gasteiger partial charge in [0.1, 0.15) is 10.8 Å². The first-order chi connectivity index (χ1) is 11.7. The van der Waals surface area contributed by atoms with Gasteiger partial charge in [0.2, 0.25) is 0 Å². The highest BCUT2D eigenvalue weighted by atomic mass is 127. The molecule has 3 rings (SSSR count). The van der Waals surface area contributed by atoms with Crippen molar-refractivity contribution in [1.29, 1.82) is 0 Å². The smallest absolute Gasteiger partial charge is 0.191 e. The zero-order chi connectivity index (χ0) is 16.9. The fourth-order valence-corrected chi connectivity index (χ4v) is 3.85. The van der Waals surface area contributed by atoms with Crippen molar-refractivity contribution in [3.05, 3.63) is 44.9 Å². The maximum absolute atomic E-state index is 10.3. The number of rotatable bonds is 4. The summed E-state index contributed by atoms with van der Waals surface area (Å²) in [5.41, 5.74) is 3.68. The Labute approximate surface area is 170 Å². The lowest BCUT2D eigenvalue weighted by atomic mass is 9.88. The van der Waals surface area contributed by atoms with Crippen molar-refractivity contribution in [2.24, 2.45) is 4.99 Å². The van der Waals surface area contributed by atoms with Gasteiger partial charge in [0, 0.05) is 30.2 Å². The Bertz CT molecular complexity index is 745. The van der Waals surface area contributed by atoms with Crippen LogP contribution in [-0.4, -0.2) is 23.1 Å². The number of nitrogens with zero attached hydrogens (tertiary/aromatic N) is 2. The van der Waals surface area contributed by atoms with Crippen LogP contribution in [0, 0.1) is 6.92 Å². The molecule has 2 aromatic rings. The molecule has 1 heterocycles. The molecular weight excluding hydrogens is 447 g/mol. The number of phenols is 1. The normalized spacial score (nSPS) is 13.8. The van der Waals surface area contributed by atoms with Gasteiger partial charge in [-0.05, 0) is 49.8 Å². The summed E-state index contributed by atoms with van der Waals surface area (Å²) in [6.45, 7) is 3.28. The molecule has 0 amide bonds. The summed E-state index contributed by atoms with van der Waals surface area (Å²) in [5.74, 6) is 1.09. The van der Waals surface area contributed by atoms with Gasteiger partial charge in [0.15, 0.2) is 5.96 Å². The van der Waals surface area contributed by atoms with Gasteiger partial charge < -0.3 is 15.7 Å².